The fourth-order valence-electron chi connectivity index (χ4n) is 3.65. The van der Waals surface area contributed by atoms with Gasteiger partial charge in [0.15, 0.2) is 11.4 Å². The van der Waals surface area contributed by atoms with E-state index in [1.54, 1.807) is 15.8 Å². The molecule has 2 bridgehead atoms. The lowest BCUT2D eigenvalue weighted by molar-refractivity contribution is 0.0654. The van der Waals surface area contributed by atoms with Crippen LogP contribution in [0.3, 0.4) is 0 Å². The van der Waals surface area contributed by atoms with Crippen molar-refractivity contribution >= 4 is 17.5 Å². The molecule has 1 atom stereocenters. The predicted octanol–water partition coefficient (Wildman–Crippen LogP) is 2.48. The lowest BCUT2D eigenvalue weighted by Gasteiger charge is -2.45. The van der Waals surface area contributed by atoms with Crippen LogP contribution in [0, 0.1) is 0 Å². The molecule has 2 aromatic rings. The molecular formula is C18H18ClN3O3. The van der Waals surface area contributed by atoms with Crippen molar-refractivity contribution in [3.8, 4) is 5.75 Å². The van der Waals surface area contributed by atoms with E-state index in [1.165, 1.54) is 6.07 Å². The Morgan fingerprint density at radius 1 is 1.16 bits per heavy atom. The SMILES string of the molecule is O=C1c2c(O)c(=O)ccn2N2CN1CCCCC2c1cccc(Cl)c1. The number of aromatic hydroxyl groups is 1. The van der Waals surface area contributed by atoms with Gasteiger partial charge in [-0.3, -0.25) is 19.3 Å². The third-order valence-electron chi connectivity index (χ3n) is 4.88. The molecule has 1 amide bonds. The third-order valence-corrected chi connectivity index (χ3v) is 5.12. The normalized spacial score (nSPS) is 20.0. The summed E-state index contributed by atoms with van der Waals surface area (Å²) in [6.45, 7) is 1.02. The number of amides is 1. The van der Waals surface area contributed by atoms with Gasteiger partial charge in [0.1, 0.15) is 6.67 Å². The molecule has 1 N–H and O–H groups in total. The number of carbonyl (C=O) groups is 1. The van der Waals surface area contributed by atoms with Gasteiger partial charge in [0.25, 0.3) is 5.91 Å². The molecule has 1 aromatic heterocycles. The Labute approximate surface area is 149 Å². The zero-order valence-electron chi connectivity index (χ0n) is 13.6. The van der Waals surface area contributed by atoms with Crippen LogP contribution in [-0.2, 0) is 0 Å². The third kappa shape index (κ3) is 2.66. The van der Waals surface area contributed by atoms with E-state index in [4.69, 9.17) is 11.6 Å². The van der Waals surface area contributed by atoms with E-state index in [0.717, 1.165) is 24.8 Å². The minimum absolute atomic E-state index is 0.00440. The molecule has 2 aliphatic rings. The second-order valence-electron chi connectivity index (χ2n) is 6.44. The van der Waals surface area contributed by atoms with Crippen LogP contribution in [0.5, 0.6) is 5.75 Å². The number of rotatable bonds is 1. The summed E-state index contributed by atoms with van der Waals surface area (Å²) in [5.41, 5.74) is 0.540. The van der Waals surface area contributed by atoms with E-state index in [1.807, 2.05) is 29.3 Å². The van der Waals surface area contributed by atoms with Crippen LogP contribution < -0.4 is 10.4 Å². The standard InChI is InChI=1S/C18H18ClN3O3/c19-13-5-3-4-12(10-13)14-6-1-2-8-20-11-22(14)21-9-7-15(23)17(24)16(21)18(20)25/h3-5,7,9-10,14,24H,1-2,6,8,11H2. The minimum atomic E-state index is -0.544. The van der Waals surface area contributed by atoms with Gasteiger partial charge in [0.2, 0.25) is 5.43 Å². The lowest BCUT2D eigenvalue weighted by Crippen LogP contribution is -2.56. The van der Waals surface area contributed by atoms with Gasteiger partial charge in [-0.1, -0.05) is 23.7 Å². The maximum absolute atomic E-state index is 12.7. The first kappa shape index (κ1) is 16.0. The van der Waals surface area contributed by atoms with Crippen LogP contribution in [0.1, 0.15) is 41.4 Å². The number of halogens is 1. The largest absolute Gasteiger partial charge is 0.502 e. The van der Waals surface area contributed by atoms with Crippen molar-refractivity contribution in [2.75, 3.05) is 18.2 Å². The molecule has 3 heterocycles. The van der Waals surface area contributed by atoms with Crippen molar-refractivity contribution in [1.29, 1.82) is 0 Å². The van der Waals surface area contributed by atoms with Gasteiger partial charge < -0.3 is 10.0 Å². The smallest absolute Gasteiger partial charge is 0.277 e. The second kappa shape index (κ2) is 6.11. The first-order valence-corrected chi connectivity index (χ1v) is 8.70. The molecule has 2 aliphatic heterocycles. The summed E-state index contributed by atoms with van der Waals surface area (Å²) in [6.07, 6.45) is 4.31. The van der Waals surface area contributed by atoms with Crippen molar-refractivity contribution < 1.29 is 9.90 Å². The number of pyridine rings is 1. The van der Waals surface area contributed by atoms with Crippen molar-refractivity contribution in [2.24, 2.45) is 0 Å². The van der Waals surface area contributed by atoms with Crippen LogP contribution in [0.15, 0.2) is 41.3 Å². The first-order valence-electron chi connectivity index (χ1n) is 8.32. The molecule has 6 nitrogen and oxygen atoms in total. The highest BCUT2D eigenvalue weighted by Crippen LogP contribution is 2.33. The number of fused-ring (bicyclic) bond motifs is 4. The number of hydrogen-bond acceptors (Lipinski definition) is 4. The van der Waals surface area contributed by atoms with E-state index < -0.39 is 11.2 Å². The van der Waals surface area contributed by atoms with Crippen molar-refractivity contribution in [2.45, 2.75) is 25.3 Å². The van der Waals surface area contributed by atoms with Gasteiger partial charge in [0, 0.05) is 23.8 Å². The maximum atomic E-state index is 12.7. The summed E-state index contributed by atoms with van der Waals surface area (Å²) in [5, 5.41) is 12.9. The fourth-order valence-corrected chi connectivity index (χ4v) is 3.85. The average Bonchev–Trinajstić information content (AvgIpc) is 2.57. The van der Waals surface area contributed by atoms with Gasteiger partial charge in [-0.2, -0.15) is 0 Å². The number of carbonyl (C=O) groups excluding carboxylic acids is 1. The molecule has 0 saturated carbocycles. The summed E-state index contributed by atoms with van der Waals surface area (Å²) in [7, 11) is 0. The topological polar surface area (TPSA) is 65.8 Å². The predicted molar refractivity (Wildman–Crippen MR) is 94.5 cm³/mol. The molecule has 25 heavy (non-hydrogen) atoms. The highest BCUT2D eigenvalue weighted by molar-refractivity contribution is 6.30. The first-order chi connectivity index (χ1) is 12.1. The Kier molecular flexibility index (Phi) is 3.92. The Bertz CT molecular complexity index is 895. The van der Waals surface area contributed by atoms with E-state index in [2.05, 4.69) is 0 Å². The zero-order valence-corrected chi connectivity index (χ0v) is 14.3. The summed E-state index contributed by atoms with van der Waals surface area (Å²) in [6, 6.07) is 8.96. The minimum Gasteiger partial charge on any atom is -0.502 e. The lowest BCUT2D eigenvalue weighted by atomic mass is 9.98. The molecule has 4 rings (SSSR count). The van der Waals surface area contributed by atoms with Crippen molar-refractivity contribution in [3.05, 3.63) is 63.0 Å². The number of benzene rings is 1. The van der Waals surface area contributed by atoms with Crippen LogP contribution in [0.2, 0.25) is 5.02 Å². The Balaban J connectivity index is 1.88. The maximum Gasteiger partial charge on any atom is 0.277 e. The average molecular weight is 360 g/mol. The summed E-state index contributed by atoms with van der Waals surface area (Å²) >= 11 is 6.17. The highest BCUT2D eigenvalue weighted by Gasteiger charge is 2.36. The van der Waals surface area contributed by atoms with Crippen molar-refractivity contribution in [3.63, 3.8) is 0 Å². The summed E-state index contributed by atoms with van der Waals surface area (Å²) in [5.74, 6) is -0.800. The Morgan fingerprint density at radius 2 is 2.00 bits per heavy atom. The second-order valence-corrected chi connectivity index (χ2v) is 6.87. The summed E-state index contributed by atoms with van der Waals surface area (Å²) in [4.78, 5) is 26.2. The number of aromatic nitrogens is 1. The van der Waals surface area contributed by atoms with Crippen LogP contribution in [0.4, 0.5) is 0 Å². The van der Waals surface area contributed by atoms with Crippen molar-refractivity contribution in [1.82, 2.24) is 9.58 Å². The van der Waals surface area contributed by atoms with Crippen LogP contribution >= 0.6 is 11.6 Å². The van der Waals surface area contributed by atoms with Gasteiger partial charge in [-0.05, 0) is 37.0 Å². The quantitative estimate of drug-likeness (QED) is 0.849. The molecule has 1 aromatic carbocycles. The van der Waals surface area contributed by atoms with Gasteiger partial charge in [-0.15, -0.1) is 0 Å². The summed E-state index contributed by atoms with van der Waals surface area (Å²) < 4.78 is 1.62. The molecule has 130 valence electrons. The molecule has 1 fully saturated rings. The number of hydrogen-bond donors (Lipinski definition) is 1. The van der Waals surface area contributed by atoms with Gasteiger partial charge >= 0.3 is 0 Å². The number of nitrogens with zero attached hydrogens (tertiary/aromatic N) is 3. The molecule has 0 spiro atoms. The fraction of sp³-hybridized carbons (Fsp3) is 0.333. The highest BCUT2D eigenvalue weighted by atomic mass is 35.5. The van der Waals surface area contributed by atoms with Gasteiger partial charge in [0.05, 0.1) is 6.04 Å². The zero-order chi connectivity index (χ0) is 17.6. The monoisotopic (exact) mass is 359 g/mol. The Hall–Kier alpha value is -2.47. The molecule has 1 saturated heterocycles. The molecule has 1 unspecified atom stereocenters. The molecule has 0 radical (unpaired) electrons. The van der Waals surface area contributed by atoms with E-state index in [-0.39, 0.29) is 17.6 Å². The molecule has 0 aliphatic carbocycles. The van der Waals surface area contributed by atoms with Crippen LogP contribution in [-0.4, -0.2) is 33.8 Å². The van der Waals surface area contributed by atoms with E-state index >= 15 is 0 Å². The molecule has 7 heteroatoms. The van der Waals surface area contributed by atoms with E-state index in [9.17, 15) is 14.7 Å². The van der Waals surface area contributed by atoms with Gasteiger partial charge in [-0.25, -0.2) is 0 Å². The molecular weight excluding hydrogens is 342 g/mol. The van der Waals surface area contributed by atoms with E-state index in [0.29, 0.717) is 18.2 Å². The van der Waals surface area contributed by atoms with Crippen LogP contribution in [0.25, 0.3) is 0 Å². The Morgan fingerprint density at radius 3 is 2.80 bits per heavy atom.